The van der Waals surface area contributed by atoms with Gasteiger partial charge >= 0.3 is 6.18 Å². The number of aromatic nitrogens is 2. The first-order chi connectivity index (χ1) is 17.4. The molecule has 1 aromatic heterocycles. The number of nitrogens with one attached hydrogen (secondary N) is 2. The van der Waals surface area contributed by atoms with Gasteiger partial charge in [-0.25, -0.2) is 13.8 Å². The average molecular weight is 527 g/mol. The van der Waals surface area contributed by atoms with Crippen molar-refractivity contribution in [3.05, 3.63) is 46.6 Å². The molecule has 1 saturated heterocycles. The van der Waals surface area contributed by atoms with E-state index in [-0.39, 0.29) is 61.9 Å². The van der Waals surface area contributed by atoms with Gasteiger partial charge in [0, 0.05) is 44.3 Å². The summed E-state index contributed by atoms with van der Waals surface area (Å²) in [6.07, 6.45) is -3.97. The third kappa shape index (κ3) is 7.51. The van der Waals surface area contributed by atoms with Crippen molar-refractivity contribution in [2.75, 3.05) is 36.9 Å². The largest absolute Gasteiger partial charge is 0.435 e. The van der Waals surface area contributed by atoms with Crippen LogP contribution >= 0.6 is 0 Å². The molecule has 0 bridgehead atoms. The van der Waals surface area contributed by atoms with Crippen molar-refractivity contribution in [3.8, 4) is 0 Å². The van der Waals surface area contributed by atoms with E-state index in [4.69, 9.17) is 0 Å². The summed E-state index contributed by atoms with van der Waals surface area (Å²) in [5, 5.41) is 12.2. The smallest absolute Gasteiger partial charge is 0.354 e. The van der Waals surface area contributed by atoms with Crippen LogP contribution in [-0.4, -0.2) is 60.8 Å². The highest BCUT2D eigenvalue weighted by Gasteiger charge is 2.39. The Kier molecular flexibility index (Phi) is 8.89. The van der Waals surface area contributed by atoms with Crippen molar-refractivity contribution >= 4 is 29.5 Å². The van der Waals surface area contributed by atoms with Gasteiger partial charge in [-0.05, 0) is 43.7 Å². The summed E-state index contributed by atoms with van der Waals surface area (Å²) in [7, 11) is 1.62. The molecule has 0 spiro atoms. The van der Waals surface area contributed by atoms with Crippen LogP contribution in [0.5, 0.6) is 0 Å². The molecule has 2 aromatic rings. The van der Waals surface area contributed by atoms with Crippen molar-refractivity contribution in [1.82, 2.24) is 15.5 Å². The van der Waals surface area contributed by atoms with E-state index in [0.29, 0.717) is 5.56 Å². The number of carbonyl (C=O) groups excluding carboxylic acids is 2. The fraction of sp³-hybridized carbons (Fsp3) is 0.458. The number of nitrogens with zero attached hydrogens (tertiary/aromatic N) is 4. The van der Waals surface area contributed by atoms with Crippen LogP contribution in [-0.2, 0) is 17.4 Å². The topological polar surface area (TPSA) is 99.6 Å². The maximum atomic E-state index is 13.9. The number of amides is 2. The van der Waals surface area contributed by atoms with Gasteiger partial charge in [0.2, 0.25) is 5.92 Å². The SMILES string of the molecule is CNCC(=O)N=CCc1cccc(NC(=O)c2c(N3CCCC(F)(F)CC3)nnc(C(F)(F)F)c2C)c1. The van der Waals surface area contributed by atoms with E-state index in [2.05, 4.69) is 25.8 Å². The molecule has 2 N–H and O–H groups in total. The summed E-state index contributed by atoms with van der Waals surface area (Å²) >= 11 is 0. The number of anilines is 2. The van der Waals surface area contributed by atoms with Crippen LogP contribution in [0.4, 0.5) is 33.5 Å². The summed E-state index contributed by atoms with van der Waals surface area (Å²) in [6, 6.07) is 6.50. The van der Waals surface area contributed by atoms with E-state index < -0.39 is 35.7 Å². The highest BCUT2D eigenvalue weighted by atomic mass is 19.4. The monoisotopic (exact) mass is 526 g/mol. The van der Waals surface area contributed by atoms with Gasteiger partial charge in [0.15, 0.2) is 11.5 Å². The van der Waals surface area contributed by atoms with Crippen LogP contribution in [0.1, 0.15) is 46.4 Å². The summed E-state index contributed by atoms with van der Waals surface area (Å²) in [5.74, 6) is -4.31. The quantitative estimate of drug-likeness (QED) is 0.417. The lowest BCUT2D eigenvalue weighted by atomic mass is 10.1. The predicted octanol–water partition coefficient (Wildman–Crippen LogP) is 4.04. The maximum Gasteiger partial charge on any atom is 0.435 e. The van der Waals surface area contributed by atoms with E-state index in [1.807, 2.05) is 0 Å². The molecule has 1 aliphatic heterocycles. The summed E-state index contributed by atoms with van der Waals surface area (Å²) in [5.41, 5.74) is -1.17. The summed E-state index contributed by atoms with van der Waals surface area (Å²) in [6.45, 7) is 1.10. The minimum absolute atomic E-state index is 0.0796. The Hall–Kier alpha value is -3.48. The molecular weight excluding hydrogens is 499 g/mol. The lowest BCUT2D eigenvalue weighted by molar-refractivity contribution is -0.142. The number of aliphatic imine (C=N–C) groups is 1. The zero-order valence-electron chi connectivity index (χ0n) is 20.3. The Bertz CT molecular complexity index is 1170. The number of rotatable bonds is 7. The van der Waals surface area contributed by atoms with E-state index in [1.165, 1.54) is 11.1 Å². The molecule has 1 fully saturated rings. The van der Waals surface area contributed by atoms with Gasteiger partial charge < -0.3 is 15.5 Å². The van der Waals surface area contributed by atoms with E-state index >= 15 is 0 Å². The van der Waals surface area contributed by atoms with Gasteiger partial charge in [-0.15, -0.1) is 10.2 Å². The second-order valence-electron chi connectivity index (χ2n) is 8.66. The van der Waals surface area contributed by atoms with E-state index in [1.54, 1.807) is 31.3 Å². The lowest BCUT2D eigenvalue weighted by Crippen LogP contribution is -2.31. The van der Waals surface area contributed by atoms with Crippen LogP contribution in [0, 0.1) is 6.92 Å². The Morgan fingerprint density at radius 3 is 2.65 bits per heavy atom. The third-order valence-electron chi connectivity index (χ3n) is 5.79. The molecule has 0 atom stereocenters. The fourth-order valence-electron chi connectivity index (χ4n) is 3.97. The van der Waals surface area contributed by atoms with Crippen LogP contribution in [0.2, 0.25) is 0 Å². The Morgan fingerprint density at radius 2 is 1.95 bits per heavy atom. The van der Waals surface area contributed by atoms with Crippen molar-refractivity contribution in [2.45, 2.75) is 44.7 Å². The number of hydrogen-bond donors (Lipinski definition) is 2. The second kappa shape index (κ2) is 11.7. The van der Waals surface area contributed by atoms with Crippen LogP contribution in [0.3, 0.4) is 0 Å². The summed E-state index contributed by atoms with van der Waals surface area (Å²) < 4.78 is 68.4. The summed E-state index contributed by atoms with van der Waals surface area (Å²) in [4.78, 5) is 29.9. The number of halogens is 5. The molecule has 3 rings (SSSR count). The number of likely N-dealkylation sites (N-methyl/N-ethyl adjacent to an activating group) is 1. The van der Waals surface area contributed by atoms with Crippen molar-refractivity contribution in [1.29, 1.82) is 0 Å². The zero-order valence-corrected chi connectivity index (χ0v) is 20.3. The average Bonchev–Trinajstić information content (AvgIpc) is 2.98. The Morgan fingerprint density at radius 1 is 1.19 bits per heavy atom. The Labute approximate surface area is 210 Å². The molecule has 0 saturated carbocycles. The predicted molar refractivity (Wildman–Crippen MR) is 128 cm³/mol. The van der Waals surface area contributed by atoms with Crippen molar-refractivity contribution in [2.24, 2.45) is 4.99 Å². The second-order valence-corrected chi connectivity index (χ2v) is 8.66. The number of hydrogen-bond acceptors (Lipinski definition) is 6. The maximum absolute atomic E-state index is 13.9. The van der Waals surface area contributed by atoms with Crippen LogP contribution in [0.15, 0.2) is 29.3 Å². The van der Waals surface area contributed by atoms with E-state index in [9.17, 15) is 31.5 Å². The van der Waals surface area contributed by atoms with Gasteiger partial charge in [0.25, 0.3) is 11.8 Å². The molecule has 37 heavy (non-hydrogen) atoms. The number of alkyl halides is 5. The molecule has 2 heterocycles. The highest BCUT2D eigenvalue weighted by Crippen LogP contribution is 2.36. The molecule has 8 nitrogen and oxygen atoms in total. The molecule has 1 aliphatic rings. The Balaban J connectivity index is 1.90. The molecule has 0 aliphatic carbocycles. The molecule has 0 radical (unpaired) electrons. The highest BCUT2D eigenvalue weighted by molar-refractivity contribution is 6.08. The molecule has 2 amide bonds. The van der Waals surface area contributed by atoms with Gasteiger partial charge in [-0.1, -0.05) is 12.1 Å². The first-order valence-corrected chi connectivity index (χ1v) is 11.6. The van der Waals surface area contributed by atoms with E-state index in [0.717, 1.165) is 6.92 Å². The minimum Gasteiger partial charge on any atom is -0.354 e. The minimum atomic E-state index is -4.86. The number of carbonyl (C=O) groups is 2. The van der Waals surface area contributed by atoms with Gasteiger partial charge in [-0.2, -0.15) is 13.2 Å². The standard InChI is InChI=1S/C24H27F5N6O2/c1-15-19(22(37)32-17-6-3-5-16(13-17)7-10-31-18(36)14-30-2)21(34-33-20(15)24(27,28)29)35-11-4-8-23(25,26)9-12-35/h3,5-6,10,13,30H,4,7-9,11-12,14H2,1-2H3,(H,32,37). The molecule has 0 unspecified atom stereocenters. The first kappa shape index (κ1) is 28.1. The zero-order chi connectivity index (χ0) is 27.2. The van der Waals surface area contributed by atoms with Crippen molar-refractivity contribution in [3.63, 3.8) is 0 Å². The van der Waals surface area contributed by atoms with Gasteiger partial charge in [-0.3, -0.25) is 9.59 Å². The van der Waals surface area contributed by atoms with Crippen LogP contribution < -0.4 is 15.5 Å². The van der Waals surface area contributed by atoms with Gasteiger partial charge in [0.1, 0.15) is 0 Å². The fourth-order valence-corrected chi connectivity index (χ4v) is 3.97. The third-order valence-corrected chi connectivity index (χ3v) is 5.79. The molecule has 13 heteroatoms. The lowest BCUT2D eigenvalue weighted by Gasteiger charge is -2.25. The first-order valence-electron chi connectivity index (χ1n) is 11.6. The normalized spacial score (nSPS) is 16.0. The van der Waals surface area contributed by atoms with Gasteiger partial charge in [0.05, 0.1) is 12.1 Å². The molecule has 1 aromatic carbocycles. The van der Waals surface area contributed by atoms with Crippen molar-refractivity contribution < 1.29 is 31.5 Å². The number of benzene rings is 1. The van der Waals surface area contributed by atoms with Crippen LogP contribution in [0.25, 0.3) is 0 Å². The molecule has 200 valence electrons. The molecular formula is C24H27F5N6O2.